The zero-order chi connectivity index (χ0) is 18.9. The first kappa shape index (κ1) is 17.9. The summed E-state index contributed by atoms with van der Waals surface area (Å²) < 4.78 is 27.3. The summed E-state index contributed by atoms with van der Waals surface area (Å²) in [5.41, 5.74) is 2.08. The molecule has 26 heavy (non-hydrogen) atoms. The number of carboxylic acid groups (broad SMARTS) is 1. The Balaban J connectivity index is 2.15. The van der Waals surface area contributed by atoms with Gasteiger partial charge in [0.15, 0.2) is 0 Å². The Kier molecular flexibility index (Phi) is 4.70. The molecular formula is C20H19NO4S. The van der Waals surface area contributed by atoms with Crippen molar-refractivity contribution in [2.24, 2.45) is 0 Å². The van der Waals surface area contributed by atoms with Crippen LogP contribution in [0.5, 0.6) is 0 Å². The van der Waals surface area contributed by atoms with Crippen LogP contribution < -0.4 is 4.31 Å². The predicted molar refractivity (Wildman–Crippen MR) is 102 cm³/mol. The number of anilines is 1. The molecule has 0 aliphatic heterocycles. The molecule has 5 nitrogen and oxygen atoms in total. The summed E-state index contributed by atoms with van der Waals surface area (Å²) in [7, 11) is -4.02. The van der Waals surface area contributed by atoms with Crippen molar-refractivity contribution in [3.8, 4) is 0 Å². The van der Waals surface area contributed by atoms with E-state index in [1.165, 1.54) is 6.07 Å². The van der Waals surface area contributed by atoms with Gasteiger partial charge < -0.3 is 5.11 Å². The molecule has 6 heteroatoms. The lowest BCUT2D eigenvalue weighted by Crippen LogP contribution is -2.35. The van der Waals surface area contributed by atoms with Crippen LogP contribution in [0.25, 0.3) is 10.8 Å². The molecule has 3 aromatic carbocycles. The lowest BCUT2D eigenvalue weighted by atomic mass is 10.1. The summed E-state index contributed by atoms with van der Waals surface area (Å²) in [6.07, 6.45) is 0. The van der Waals surface area contributed by atoms with Crippen molar-refractivity contribution in [2.75, 3.05) is 10.8 Å². The highest BCUT2D eigenvalue weighted by molar-refractivity contribution is 7.92. The van der Waals surface area contributed by atoms with Crippen LogP contribution in [-0.4, -0.2) is 26.0 Å². The Bertz CT molecular complexity index is 1070. The van der Waals surface area contributed by atoms with E-state index in [9.17, 15) is 18.3 Å². The minimum Gasteiger partial charge on any atom is -0.480 e. The van der Waals surface area contributed by atoms with Gasteiger partial charge in [-0.25, -0.2) is 8.42 Å². The molecule has 3 rings (SSSR count). The number of aryl methyl sites for hydroxylation is 2. The van der Waals surface area contributed by atoms with E-state index in [-0.39, 0.29) is 4.90 Å². The van der Waals surface area contributed by atoms with Crippen LogP contribution in [0.2, 0.25) is 0 Å². The average Bonchev–Trinajstić information content (AvgIpc) is 2.58. The maximum Gasteiger partial charge on any atom is 0.324 e. The van der Waals surface area contributed by atoms with Gasteiger partial charge in [0.2, 0.25) is 0 Å². The molecule has 134 valence electrons. The van der Waals surface area contributed by atoms with Crippen LogP contribution in [0.4, 0.5) is 5.69 Å². The van der Waals surface area contributed by atoms with Crippen molar-refractivity contribution in [1.82, 2.24) is 0 Å². The molecule has 0 spiro atoms. The minimum absolute atomic E-state index is 0.0663. The molecule has 0 atom stereocenters. The molecule has 0 aliphatic rings. The number of aliphatic carboxylic acids is 1. The van der Waals surface area contributed by atoms with Crippen LogP contribution in [0.15, 0.2) is 65.6 Å². The maximum absolute atomic E-state index is 13.2. The van der Waals surface area contributed by atoms with Gasteiger partial charge in [-0.05, 0) is 60.0 Å². The maximum atomic E-state index is 13.2. The molecule has 0 saturated carbocycles. The van der Waals surface area contributed by atoms with Crippen LogP contribution in [-0.2, 0) is 14.8 Å². The Labute approximate surface area is 152 Å². The van der Waals surface area contributed by atoms with Gasteiger partial charge in [-0.2, -0.15) is 0 Å². The summed E-state index contributed by atoms with van der Waals surface area (Å²) >= 11 is 0. The number of carboxylic acids is 1. The molecule has 0 aromatic heterocycles. The molecule has 3 aromatic rings. The zero-order valence-corrected chi connectivity index (χ0v) is 15.3. The second-order valence-electron chi connectivity index (χ2n) is 6.26. The number of sulfonamides is 1. The van der Waals surface area contributed by atoms with Crippen LogP contribution in [0.3, 0.4) is 0 Å². The van der Waals surface area contributed by atoms with Gasteiger partial charge in [0.1, 0.15) is 6.54 Å². The molecule has 1 N–H and O–H groups in total. The minimum atomic E-state index is -4.02. The summed E-state index contributed by atoms with van der Waals surface area (Å²) in [6.45, 7) is 3.05. The van der Waals surface area contributed by atoms with Crippen molar-refractivity contribution >= 4 is 32.5 Å². The van der Waals surface area contributed by atoms with Gasteiger partial charge >= 0.3 is 5.97 Å². The third-order valence-corrected chi connectivity index (χ3v) is 5.85. The van der Waals surface area contributed by atoms with Gasteiger partial charge in [0.05, 0.1) is 10.6 Å². The third kappa shape index (κ3) is 3.55. The smallest absolute Gasteiger partial charge is 0.324 e. The number of carbonyl (C=O) groups is 1. The lowest BCUT2D eigenvalue weighted by Gasteiger charge is -2.23. The molecule has 0 unspecified atom stereocenters. The number of fused-ring (bicyclic) bond motifs is 1. The Morgan fingerprint density at radius 1 is 0.923 bits per heavy atom. The van der Waals surface area contributed by atoms with E-state index in [2.05, 4.69) is 0 Å². The van der Waals surface area contributed by atoms with E-state index in [0.717, 1.165) is 26.2 Å². The highest BCUT2D eigenvalue weighted by atomic mass is 32.2. The van der Waals surface area contributed by atoms with Gasteiger partial charge in [-0.15, -0.1) is 0 Å². The summed E-state index contributed by atoms with van der Waals surface area (Å²) in [6, 6.07) is 17.5. The lowest BCUT2D eigenvalue weighted by molar-refractivity contribution is -0.135. The van der Waals surface area contributed by atoms with Gasteiger partial charge in [0, 0.05) is 0 Å². The number of hydrogen-bond donors (Lipinski definition) is 1. The Morgan fingerprint density at radius 2 is 1.54 bits per heavy atom. The topological polar surface area (TPSA) is 74.7 Å². The van der Waals surface area contributed by atoms with Gasteiger partial charge in [-0.1, -0.05) is 36.4 Å². The van der Waals surface area contributed by atoms with E-state index in [1.54, 1.807) is 24.3 Å². The van der Waals surface area contributed by atoms with E-state index in [0.29, 0.717) is 5.69 Å². The Morgan fingerprint density at radius 3 is 2.15 bits per heavy atom. The first-order valence-corrected chi connectivity index (χ1v) is 9.53. The largest absolute Gasteiger partial charge is 0.480 e. The fraction of sp³-hybridized carbons (Fsp3) is 0.150. The predicted octanol–water partition coefficient (Wildman–Crippen LogP) is 3.74. The van der Waals surface area contributed by atoms with E-state index in [1.807, 2.05) is 44.2 Å². The number of benzene rings is 3. The van der Waals surface area contributed by atoms with E-state index in [4.69, 9.17) is 0 Å². The number of hydrogen-bond acceptors (Lipinski definition) is 3. The first-order valence-electron chi connectivity index (χ1n) is 8.09. The fourth-order valence-electron chi connectivity index (χ4n) is 2.99. The number of nitrogens with zero attached hydrogens (tertiary/aromatic N) is 1. The highest BCUT2D eigenvalue weighted by Crippen LogP contribution is 2.27. The summed E-state index contributed by atoms with van der Waals surface area (Å²) in [5.74, 6) is -1.21. The van der Waals surface area contributed by atoms with Crippen molar-refractivity contribution in [2.45, 2.75) is 18.7 Å². The van der Waals surface area contributed by atoms with E-state index < -0.39 is 22.5 Å². The monoisotopic (exact) mass is 369 g/mol. The van der Waals surface area contributed by atoms with Crippen LogP contribution in [0, 0.1) is 13.8 Å². The molecule has 0 heterocycles. The summed E-state index contributed by atoms with van der Waals surface area (Å²) in [4.78, 5) is 11.4. The van der Waals surface area contributed by atoms with Crippen molar-refractivity contribution < 1.29 is 18.3 Å². The second-order valence-corrected chi connectivity index (χ2v) is 8.12. The SMILES string of the molecule is Cc1cc(C)cc(N(CC(=O)O)S(=O)(=O)c2ccc3ccccc3c2)c1. The van der Waals surface area contributed by atoms with Crippen LogP contribution in [0.1, 0.15) is 11.1 Å². The highest BCUT2D eigenvalue weighted by Gasteiger charge is 2.27. The molecule has 0 aliphatic carbocycles. The first-order chi connectivity index (χ1) is 12.3. The van der Waals surface area contributed by atoms with Gasteiger partial charge in [0.25, 0.3) is 10.0 Å². The van der Waals surface area contributed by atoms with Crippen molar-refractivity contribution in [3.63, 3.8) is 0 Å². The number of rotatable bonds is 5. The second kappa shape index (κ2) is 6.80. The quantitative estimate of drug-likeness (QED) is 0.743. The zero-order valence-electron chi connectivity index (χ0n) is 14.5. The van der Waals surface area contributed by atoms with Gasteiger partial charge in [-0.3, -0.25) is 9.10 Å². The standard InChI is InChI=1S/C20H19NO4S/c1-14-9-15(2)11-18(10-14)21(13-20(22)23)26(24,25)19-8-7-16-5-3-4-6-17(16)12-19/h3-12H,13H2,1-2H3,(H,22,23). The Hall–Kier alpha value is -2.86. The molecule has 0 fully saturated rings. The average molecular weight is 369 g/mol. The molecule has 0 radical (unpaired) electrons. The molecular weight excluding hydrogens is 350 g/mol. The normalized spacial score (nSPS) is 11.5. The van der Waals surface area contributed by atoms with Crippen molar-refractivity contribution in [1.29, 1.82) is 0 Å². The van der Waals surface area contributed by atoms with E-state index >= 15 is 0 Å². The van der Waals surface area contributed by atoms with Crippen molar-refractivity contribution in [3.05, 3.63) is 71.8 Å². The molecule has 0 bridgehead atoms. The molecule has 0 saturated heterocycles. The summed E-state index contributed by atoms with van der Waals surface area (Å²) in [5, 5.41) is 11.0. The van der Waals surface area contributed by atoms with Crippen LogP contribution >= 0.6 is 0 Å². The third-order valence-electron chi connectivity index (χ3n) is 4.08. The molecule has 0 amide bonds. The fourth-order valence-corrected chi connectivity index (χ4v) is 4.42.